The fraction of sp³-hybridized carbons (Fsp3) is 0.294. The summed E-state index contributed by atoms with van der Waals surface area (Å²) in [6.07, 6.45) is 3.01. The van der Waals surface area contributed by atoms with E-state index in [-0.39, 0.29) is 11.9 Å². The van der Waals surface area contributed by atoms with Gasteiger partial charge >= 0.3 is 6.03 Å². The molecule has 6 nitrogen and oxygen atoms in total. The number of hydrogen-bond donors (Lipinski definition) is 2. The Kier molecular flexibility index (Phi) is 5.05. The van der Waals surface area contributed by atoms with Crippen molar-refractivity contribution in [3.05, 3.63) is 53.4 Å². The largest absolute Gasteiger partial charge is 0.467 e. The molecule has 1 aliphatic heterocycles. The summed E-state index contributed by atoms with van der Waals surface area (Å²) in [6, 6.07) is 9.66. The van der Waals surface area contributed by atoms with E-state index >= 15 is 0 Å². The van der Waals surface area contributed by atoms with E-state index in [1.54, 1.807) is 47.6 Å². The van der Waals surface area contributed by atoms with Crippen LogP contribution in [0.15, 0.2) is 47.1 Å². The van der Waals surface area contributed by atoms with Gasteiger partial charge in [0.05, 0.1) is 12.8 Å². The van der Waals surface area contributed by atoms with Gasteiger partial charge in [0.25, 0.3) is 0 Å². The zero-order valence-electron chi connectivity index (χ0n) is 13.0. The molecule has 0 unspecified atom stereocenters. The van der Waals surface area contributed by atoms with Crippen LogP contribution in [0.5, 0.6) is 0 Å². The average molecular weight is 348 g/mol. The van der Waals surface area contributed by atoms with E-state index < -0.39 is 6.04 Å². The zero-order valence-corrected chi connectivity index (χ0v) is 13.8. The van der Waals surface area contributed by atoms with Crippen molar-refractivity contribution in [1.82, 2.24) is 10.2 Å². The van der Waals surface area contributed by atoms with Crippen LogP contribution in [0.25, 0.3) is 0 Å². The van der Waals surface area contributed by atoms with Gasteiger partial charge in [-0.3, -0.25) is 4.79 Å². The van der Waals surface area contributed by atoms with E-state index in [2.05, 4.69) is 10.6 Å². The Bertz CT molecular complexity index is 700. The Hall–Kier alpha value is -2.47. The van der Waals surface area contributed by atoms with Crippen molar-refractivity contribution in [1.29, 1.82) is 0 Å². The van der Waals surface area contributed by atoms with Crippen molar-refractivity contribution in [2.75, 3.05) is 11.9 Å². The third kappa shape index (κ3) is 3.89. The van der Waals surface area contributed by atoms with E-state index in [0.29, 0.717) is 36.0 Å². The smallest absolute Gasteiger partial charge is 0.322 e. The minimum Gasteiger partial charge on any atom is -0.467 e. The van der Waals surface area contributed by atoms with Gasteiger partial charge in [-0.25, -0.2) is 4.79 Å². The first-order valence-corrected chi connectivity index (χ1v) is 8.14. The quantitative estimate of drug-likeness (QED) is 0.891. The number of anilines is 1. The summed E-state index contributed by atoms with van der Waals surface area (Å²) in [5.41, 5.74) is 0.644. The van der Waals surface area contributed by atoms with Gasteiger partial charge in [-0.1, -0.05) is 11.6 Å². The number of nitrogens with zero attached hydrogens (tertiary/aromatic N) is 1. The fourth-order valence-electron chi connectivity index (χ4n) is 2.72. The van der Waals surface area contributed by atoms with Gasteiger partial charge in [-0.2, -0.15) is 0 Å². The van der Waals surface area contributed by atoms with Crippen LogP contribution in [-0.2, 0) is 11.3 Å². The monoisotopic (exact) mass is 347 g/mol. The van der Waals surface area contributed by atoms with Crippen LogP contribution in [0.3, 0.4) is 0 Å². The number of carbonyl (C=O) groups excluding carboxylic acids is 2. The molecule has 1 aromatic heterocycles. The number of nitrogens with one attached hydrogen (secondary N) is 2. The van der Waals surface area contributed by atoms with Gasteiger partial charge in [-0.05, 0) is 49.2 Å². The SMILES string of the molecule is O=C(NCc1ccco1)[C@@H]1CCCN1C(=O)Nc1ccc(Cl)cc1. The lowest BCUT2D eigenvalue weighted by Crippen LogP contribution is -2.47. The van der Waals surface area contributed by atoms with Crippen LogP contribution >= 0.6 is 11.6 Å². The van der Waals surface area contributed by atoms with E-state index in [4.69, 9.17) is 16.0 Å². The van der Waals surface area contributed by atoms with Crippen molar-refractivity contribution in [2.24, 2.45) is 0 Å². The highest BCUT2D eigenvalue weighted by Crippen LogP contribution is 2.20. The normalized spacial score (nSPS) is 16.9. The molecule has 0 radical (unpaired) electrons. The summed E-state index contributed by atoms with van der Waals surface area (Å²) < 4.78 is 5.19. The molecule has 1 fully saturated rings. The number of furan rings is 1. The predicted octanol–water partition coefficient (Wildman–Crippen LogP) is 3.25. The van der Waals surface area contributed by atoms with Gasteiger partial charge in [0, 0.05) is 17.3 Å². The molecule has 2 heterocycles. The second kappa shape index (κ2) is 7.40. The lowest BCUT2D eigenvalue weighted by atomic mass is 10.2. The predicted molar refractivity (Wildman–Crippen MR) is 90.8 cm³/mol. The summed E-state index contributed by atoms with van der Waals surface area (Å²) in [4.78, 5) is 26.4. The molecule has 3 amide bonds. The average Bonchev–Trinajstić information content (AvgIpc) is 3.26. The second-order valence-corrected chi connectivity index (χ2v) is 6.02. The minimum absolute atomic E-state index is 0.171. The summed E-state index contributed by atoms with van der Waals surface area (Å²) >= 11 is 5.83. The van der Waals surface area contributed by atoms with Crippen LogP contribution in [-0.4, -0.2) is 29.4 Å². The number of urea groups is 1. The van der Waals surface area contributed by atoms with Gasteiger partial charge in [-0.15, -0.1) is 0 Å². The number of benzene rings is 1. The zero-order chi connectivity index (χ0) is 16.9. The number of hydrogen-bond acceptors (Lipinski definition) is 3. The highest BCUT2D eigenvalue weighted by molar-refractivity contribution is 6.30. The molecule has 126 valence electrons. The second-order valence-electron chi connectivity index (χ2n) is 5.59. The van der Waals surface area contributed by atoms with Crippen LogP contribution in [0.4, 0.5) is 10.5 Å². The van der Waals surface area contributed by atoms with Crippen molar-refractivity contribution in [2.45, 2.75) is 25.4 Å². The molecule has 24 heavy (non-hydrogen) atoms. The number of halogens is 1. The van der Waals surface area contributed by atoms with E-state index in [9.17, 15) is 9.59 Å². The van der Waals surface area contributed by atoms with Crippen LogP contribution in [0.2, 0.25) is 5.02 Å². The first-order valence-electron chi connectivity index (χ1n) is 7.77. The van der Waals surface area contributed by atoms with Crippen molar-refractivity contribution >= 4 is 29.2 Å². The van der Waals surface area contributed by atoms with Crippen LogP contribution < -0.4 is 10.6 Å². The molecule has 1 atom stereocenters. The molecule has 0 saturated carbocycles. The van der Waals surface area contributed by atoms with Crippen molar-refractivity contribution in [3.8, 4) is 0 Å². The Labute approximate surface area is 144 Å². The van der Waals surface area contributed by atoms with Crippen LogP contribution in [0.1, 0.15) is 18.6 Å². The number of rotatable bonds is 4. The molecule has 7 heteroatoms. The maximum atomic E-state index is 12.4. The Morgan fingerprint density at radius 2 is 2.04 bits per heavy atom. The van der Waals surface area contributed by atoms with Crippen molar-refractivity contribution < 1.29 is 14.0 Å². The third-order valence-electron chi connectivity index (χ3n) is 3.93. The number of amides is 3. The summed E-state index contributed by atoms with van der Waals surface area (Å²) in [7, 11) is 0. The maximum Gasteiger partial charge on any atom is 0.322 e. The number of carbonyl (C=O) groups is 2. The molecule has 2 N–H and O–H groups in total. The lowest BCUT2D eigenvalue weighted by molar-refractivity contribution is -0.124. The highest BCUT2D eigenvalue weighted by Gasteiger charge is 2.34. The fourth-order valence-corrected chi connectivity index (χ4v) is 2.84. The molecule has 3 rings (SSSR count). The standard InChI is InChI=1S/C17H18ClN3O3/c18-12-5-7-13(8-6-12)20-17(23)21-9-1-4-15(21)16(22)19-11-14-3-2-10-24-14/h2-3,5-8,10,15H,1,4,9,11H2,(H,19,22)(H,20,23)/t15-/m0/s1. The number of likely N-dealkylation sites (tertiary alicyclic amines) is 1. The third-order valence-corrected chi connectivity index (χ3v) is 4.18. The Morgan fingerprint density at radius 1 is 1.25 bits per heavy atom. The summed E-state index contributed by atoms with van der Waals surface area (Å²) in [5, 5.41) is 6.21. The Morgan fingerprint density at radius 3 is 2.75 bits per heavy atom. The molecule has 0 spiro atoms. The summed E-state index contributed by atoms with van der Waals surface area (Å²) in [6.45, 7) is 0.868. The first kappa shape index (κ1) is 16.4. The van der Waals surface area contributed by atoms with Gasteiger partial charge < -0.3 is 20.0 Å². The molecule has 1 saturated heterocycles. The Balaban J connectivity index is 1.58. The van der Waals surface area contributed by atoms with Crippen LogP contribution in [0, 0.1) is 0 Å². The van der Waals surface area contributed by atoms with E-state index in [1.807, 2.05) is 0 Å². The molecular weight excluding hydrogens is 330 g/mol. The molecule has 2 aromatic rings. The first-order chi connectivity index (χ1) is 11.6. The lowest BCUT2D eigenvalue weighted by Gasteiger charge is -2.24. The van der Waals surface area contributed by atoms with E-state index in [0.717, 1.165) is 6.42 Å². The van der Waals surface area contributed by atoms with Crippen molar-refractivity contribution in [3.63, 3.8) is 0 Å². The van der Waals surface area contributed by atoms with Gasteiger partial charge in [0.2, 0.25) is 5.91 Å². The van der Waals surface area contributed by atoms with Gasteiger partial charge in [0.1, 0.15) is 11.8 Å². The molecule has 1 aromatic carbocycles. The molecule has 1 aliphatic rings. The highest BCUT2D eigenvalue weighted by atomic mass is 35.5. The molecular formula is C17H18ClN3O3. The van der Waals surface area contributed by atoms with E-state index in [1.165, 1.54) is 0 Å². The molecule has 0 bridgehead atoms. The molecule has 0 aliphatic carbocycles. The maximum absolute atomic E-state index is 12.4. The summed E-state index contributed by atoms with van der Waals surface area (Å²) in [5.74, 6) is 0.508. The van der Waals surface area contributed by atoms with Gasteiger partial charge in [0.15, 0.2) is 0 Å². The minimum atomic E-state index is -0.465. The topological polar surface area (TPSA) is 74.6 Å².